The lowest BCUT2D eigenvalue weighted by Gasteiger charge is -2.02. The second kappa shape index (κ2) is 2.80. The first-order chi connectivity index (χ1) is 4.34. The lowest BCUT2D eigenvalue weighted by Crippen LogP contribution is -2.22. The highest BCUT2D eigenvalue weighted by Crippen LogP contribution is 2.03. The van der Waals surface area contributed by atoms with Gasteiger partial charge in [0, 0.05) is 13.0 Å². The number of ether oxygens (including phenoxy) is 1. The summed E-state index contributed by atoms with van der Waals surface area (Å²) in [6.07, 6.45) is 0.308. The second-order valence-electron chi connectivity index (χ2n) is 1.81. The first-order valence-corrected chi connectivity index (χ1v) is 2.81. The second-order valence-corrected chi connectivity index (χ2v) is 1.81. The molecule has 1 unspecified atom stereocenters. The predicted octanol–water partition coefficient (Wildman–Crippen LogP) is -0.547. The van der Waals surface area contributed by atoms with Gasteiger partial charge in [0.1, 0.15) is 0 Å². The summed E-state index contributed by atoms with van der Waals surface area (Å²) in [5, 5.41) is 0. The Morgan fingerprint density at radius 1 is 1.89 bits per heavy atom. The molecule has 0 aromatic carbocycles. The Bertz CT molecular complexity index is 109. The fraction of sp³-hybridized carbons (Fsp3) is 0.800. The molecule has 0 aliphatic carbocycles. The minimum atomic E-state index is -0.394. The van der Waals surface area contributed by atoms with Crippen LogP contribution in [-0.4, -0.2) is 25.7 Å². The number of hydrogen-bond donors (Lipinski definition) is 1. The third-order valence-electron chi connectivity index (χ3n) is 1.20. The van der Waals surface area contributed by atoms with Gasteiger partial charge in [-0.25, -0.2) is 10.3 Å². The molecule has 1 heterocycles. The molecule has 1 rings (SSSR count). The summed E-state index contributed by atoms with van der Waals surface area (Å²) < 4.78 is 4.43. The number of nitrogens with one attached hydrogen (secondary N) is 1. The maximum absolute atomic E-state index is 10.6. The Labute approximate surface area is 53.1 Å². The zero-order valence-electron chi connectivity index (χ0n) is 5.22. The Balaban J connectivity index is 2.32. The summed E-state index contributed by atoms with van der Waals surface area (Å²) in [6, 6.07) is 0. The SMILES string of the molecule is COC(=O)C1CCNO1. The van der Waals surface area contributed by atoms with Crippen LogP contribution in [0.15, 0.2) is 0 Å². The van der Waals surface area contributed by atoms with Crippen LogP contribution >= 0.6 is 0 Å². The van der Waals surface area contributed by atoms with Crippen molar-refractivity contribution in [3.8, 4) is 0 Å². The van der Waals surface area contributed by atoms with Crippen LogP contribution in [-0.2, 0) is 14.4 Å². The van der Waals surface area contributed by atoms with Gasteiger partial charge in [-0.3, -0.25) is 4.84 Å². The fourth-order valence-corrected chi connectivity index (χ4v) is 0.706. The Morgan fingerprint density at radius 2 is 2.67 bits per heavy atom. The Morgan fingerprint density at radius 3 is 3.11 bits per heavy atom. The molecule has 1 aliphatic rings. The van der Waals surface area contributed by atoms with Crippen LogP contribution in [0.1, 0.15) is 6.42 Å². The number of hydrogen-bond acceptors (Lipinski definition) is 4. The summed E-state index contributed by atoms with van der Waals surface area (Å²) in [5.74, 6) is -0.306. The van der Waals surface area contributed by atoms with Crippen molar-refractivity contribution in [2.45, 2.75) is 12.5 Å². The van der Waals surface area contributed by atoms with Crippen molar-refractivity contribution in [2.75, 3.05) is 13.7 Å². The maximum atomic E-state index is 10.6. The summed E-state index contributed by atoms with van der Waals surface area (Å²) in [6.45, 7) is 0.722. The van der Waals surface area contributed by atoms with E-state index in [1.165, 1.54) is 7.11 Å². The largest absolute Gasteiger partial charge is 0.467 e. The highest BCUT2D eigenvalue weighted by Gasteiger charge is 2.23. The lowest BCUT2D eigenvalue weighted by molar-refractivity contribution is -0.154. The molecule has 1 fully saturated rings. The highest BCUT2D eigenvalue weighted by atomic mass is 16.7. The van der Waals surface area contributed by atoms with Gasteiger partial charge in [-0.2, -0.15) is 0 Å². The molecule has 1 aliphatic heterocycles. The normalized spacial score (nSPS) is 26.1. The molecule has 1 N–H and O–H groups in total. The van der Waals surface area contributed by atoms with E-state index in [4.69, 9.17) is 4.84 Å². The standard InChI is InChI=1S/C5H9NO3/c1-8-5(7)4-2-3-6-9-4/h4,6H,2-3H2,1H3. The third-order valence-corrected chi connectivity index (χ3v) is 1.20. The van der Waals surface area contributed by atoms with Gasteiger partial charge in [0.2, 0.25) is 0 Å². The number of methoxy groups -OCH3 is 1. The van der Waals surface area contributed by atoms with Crippen molar-refractivity contribution in [2.24, 2.45) is 0 Å². The average Bonchev–Trinajstić information content (AvgIpc) is 2.37. The quantitative estimate of drug-likeness (QED) is 0.485. The number of esters is 1. The summed E-state index contributed by atoms with van der Waals surface area (Å²) in [5.41, 5.74) is 2.59. The van der Waals surface area contributed by atoms with E-state index in [2.05, 4.69) is 10.2 Å². The van der Waals surface area contributed by atoms with Crippen LogP contribution in [0.4, 0.5) is 0 Å². The smallest absolute Gasteiger partial charge is 0.337 e. The minimum Gasteiger partial charge on any atom is -0.467 e. The number of carbonyl (C=O) groups excluding carboxylic acids is 1. The Kier molecular flexibility index (Phi) is 2.02. The molecule has 4 nitrogen and oxygen atoms in total. The van der Waals surface area contributed by atoms with Crippen molar-refractivity contribution in [3.63, 3.8) is 0 Å². The van der Waals surface area contributed by atoms with Gasteiger partial charge in [0.25, 0.3) is 0 Å². The van der Waals surface area contributed by atoms with Crippen LogP contribution < -0.4 is 5.48 Å². The van der Waals surface area contributed by atoms with Gasteiger partial charge >= 0.3 is 5.97 Å². The number of rotatable bonds is 1. The minimum absolute atomic E-state index is 0.306. The highest BCUT2D eigenvalue weighted by molar-refractivity contribution is 5.74. The topological polar surface area (TPSA) is 47.6 Å². The van der Waals surface area contributed by atoms with Crippen molar-refractivity contribution in [1.82, 2.24) is 5.48 Å². The number of hydroxylamine groups is 1. The molecule has 0 aromatic rings. The van der Waals surface area contributed by atoms with E-state index in [0.29, 0.717) is 6.42 Å². The van der Waals surface area contributed by atoms with Crippen LogP contribution in [0.2, 0.25) is 0 Å². The predicted molar refractivity (Wildman–Crippen MR) is 29.5 cm³/mol. The monoisotopic (exact) mass is 131 g/mol. The summed E-state index contributed by atoms with van der Waals surface area (Å²) in [7, 11) is 1.35. The molecule has 0 saturated carbocycles. The number of carbonyl (C=O) groups is 1. The van der Waals surface area contributed by atoms with Gasteiger partial charge in [0.15, 0.2) is 6.10 Å². The van der Waals surface area contributed by atoms with Crippen molar-refractivity contribution >= 4 is 5.97 Å². The molecule has 0 amide bonds. The zero-order valence-corrected chi connectivity index (χ0v) is 5.22. The molecule has 0 radical (unpaired) electrons. The van der Waals surface area contributed by atoms with E-state index in [-0.39, 0.29) is 5.97 Å². The van der Waals surface area contributed by atoms with Crippen molar-refractivity contribution < 1.29 is 14.4 Å². The van der Waals surface area contributed by atoms with Gasteiger partial charge in [-0.1, -0.05) is 0 Å². The van der Waals surface area contributed by atoms with E-state index in [9.17, 15) is 4.79 Å². The van der Waals surface area contributed by atoms with Crippen LogP contribution in [0.3, 0.4) is 0 Å². The first-order valence-electron chi connectivity index (χ1n) is 2.81. The summed E-state index contributed by atoms with van der Waals surface area (Å²) in [4.78, 5) is 15.4. The molecule has 9 heavy (non-hydrogen) atoms. The molecular weight excluding hydrogens is 122 g/mol. The third kappa shape index (κ3) is 1.40. The molecular formula is C5H9NO3. The molecule has 1 saturated heterocycles. The molecule has 4 heteroatoms. The van der Waals surface area contributed by atoms with Crippen LogP contribution in [0.5, 0.6) is 0 Å². The van der Waals surface area contributed by atoms with Crippen LogP contribution in [0.25, 0.3) is 0 Å². The Hall–Kier alpha value is -0.610. The molecule has 0 bridgehead atoms. The van der Waals surface area contributed by atoms with Gasteiger partial charge < -0.3 is 4.74 Å². The first kappa shape index (κ1) is 6.51. The van der Waals surface area contributed by atoms with E-state index < -0.39 is 6.10 Å². The molecule has 1 atom stereocenters. The van der Waals surface area contributed by atoms with E-state index in [1.807, 2.05) is 0 Å². The van der Waals surface area contributed by atoms with Crippen molar-refractivity contribution in [1.29, 1.82) is 0 Å². The molecule has 52 valence electrons. The van der Waals surface area contributed by atoms with Gasteiger partial charge in [-0.05, 0) is 0 Å². The van der Waals surface area contributed by atoms with Crippen LogP contribution in [0, 0.1) is 0 Å². The zero-order chi connectivity index (χ0) is 6.69. The van der Waals surface area contributed by atoms with E-state index >= 15 is 0 Å². The van der Waals surface area contributed by atoms with Gasteiger partial charge in [0.05, 0.1) is 7.11 Å². The van der Waals surface area contributed by atoms with E-state index in [1.54, 1.807) is 0 Å². The maximum Gasteiger partial charge on any atom is 0.337 e. The molecule has 0 aromatic heterocycles. The fourth-order valence-electron chi connectivity index (χ4n) is 0.706. The summed E-state index contributed by atoms with van der Waals surface area (Å²) >= 11 is 0. The van der Waals surface area contributed by atoms with Crippen molar-refractivity contribution in [3.05, 3.63) is 0 Å². The average molecular weight is 131 g/mol. The lowest BCUT2D eigenvalue weighted by atomic mass is 10.3. The molecule has 0 spiro atoms. The van der Waals surface area contributed by atoms with E-state index in [0.717, 1.165) is 6.54 Å². The van der Waals surface area contributed by atoms with Gasteiger partial charge in [-0.15, -0.1) is 0 Å².